The second kappa shape index (κ2) is 9.18. The van der Waals surface area contributed by atoms with E-state index in [4.69, 9.17) is 14.5 Å². The number of aliphatic hydroxyl groups is 2. The number of nitrogens with zero attached hydrogens (tertiary/aromatic N) is 4. The summed E-state index contributed by atoms with van der Waals surface area (Å²) in [5.41, 5.74) is 1.55. The van der Waals surface area contributed by atoms with Gasteiger partial charge in [0, 0.05) is 61.4 Å². The molecule has 3 N–H and O–H groups in total. The number of nitrogens with one attached hydrogen (secondary N) is 1. The molecule has 1 aromatic carbocycles. The van der Waals surface area contributed by atoms with Crippen LogP contribution in [-0.4, -0.2) is 101 Å². The number of amides is 1. The molecular weight excluding hydrogens is 509 g/mol. The van der Waals surface area contributed by atoms with Crippen molar-refractivity contribution in [3.05, 3.63) is 46.4 Å². The van der Waals surface area contributed by atoms with Crippen molar-refractivity contribution in [3.63, 3.8) is 0 Å². The summed E-state index contributed by atoms with van der Waals surface area (Å²) >= 11 is 0. The number of carbonyl (C=O) groups excluding carboxylic acids is 2. The Balaban J connectivity index is 1.41. The van der Waals surface area contributed by atoms with Crippen molar-refractivity contribution in [1.82, 2.24) is 19.7 Å². The molecule has 6 rings (SSSR count). The highest BCUT2D eigenvalue weighted by molar-refractivity contribution is 5.98. The molecule has 1 unspecified atom stereocenters. The summed E-state index contributed by atoms with van der Waals surface area (Å²) in [4.78, 5) is 35.2. The number of ether oxygens (including phenoxy) is 2. The SMILES string of the molecule is CC[C@@]1(O)C(=O)OCC2=C1C=C1c3nc4cc(F)c(OC(=O)N5CCN(C)CC5)cc4c(NC)c3CN1C2O. The zero-order chi connectivity index (χ0) is 27.6. The minimum atomic E-state index is -1.88. The number of pyridine rings is 1. The predicted molar refractivity (Wildman–Crippen MR) is 139 cm³/mol. The molecule has 5 heterocycles. The number of hydrogen-bond donors (Lipinski definition) is 3. The van der Waals surface area contributed by atoms with E-state index in [1.54, 1.807) is 29.8 Å². The molecule has 12 heteroatoms. The van der Waals surface area contributed by atoms with E-state index >= 15 is 4.39 Å². The van der Waals surface area contributed by atoms with E-state index in [1.807, 2.05) is 7.05 Å². The van der Waals surface area contributed by atoms with Crippen LogP contribution in [0.3, 0.4) is 0 Å². The second-order valence-electron chi connectivity index (χ2n) is 10.3. The number of aromatic nitrogens is 1. The third-order valence-corrected chi connectivity index (χ3v) is 8.12. The molecular formula is C27H30FN5O6. The van der Waals surface area contributed by atoms with Gasteiger partial charge in [-0.1, -0.05) is 6.92 Å². The van der Waals surface area contributed by atoms with Crippen LogP contribution >= 0.6 is 0 Å². The largest absolute Gasteiger partial charge is 0.459 e. The molecule has 4 aliphatic rings. The van der Waals surface area contributed by atoms with Crippen molar-refractivity contribution in [3.8, 4) is 5.75 Å². The van der Waals surface area contributed by atoms with E-state index in [2.05, 4.69) is 10.2 Å². The summed E-state index contributed by atoms with van der Waals surface area (Å²) in [6.07, 6.45) is -0.0193. The van der Waals surface area contributed by atoms with E-state index < -0.39 is 29.7 Å². The molecule has 1 saturated heterocycles. The quantitative estimate of drug-likeness (QED) is 0.496. The van der Waals surface area contributed by atoms with Crippen molar-refractivity contribution in [2.45, 2.75) is 31.7 Å². The number of hydrogen-bond acceptors (Lipinski definition) is 10. The fourth-order valence-electron chi connectivity index (χ4n) is 5.74. The van der Waals surface area contributed by atoms with Gasteiger partial charge in [0.25, 0.3) is 0 Å². The van der Waals surface area contributed by atoms with Gasteiger partial charge in [-0.05, 0) is 25.6 Å². The molecule has 206 valence electrons. The van der Waals surface area contributed by atoms with E-state index in [0.717, 1.165) is 5.56 Å². The number of piperazine rings is 1. The lowest BCUT2D eigenvalue weighted by molar-refractivity contribution is -0.164. The number of likely N-dealkylation sites (N-methyl/N-ethyl adjacent to an activating group) is 1. The Bertz CT molecular complexity index is 1470. The molecule has 0 radical (unpaired) electrons. The van der Waals surface area contributed by atoms with Gasteiger partial charge in [-0.25, -0.2) is 19.0 Å². The Kier molecular flexibility index (Phi) is 6.01. The monoisotopic (exact) mass is 539 g/mol. The summed E-state index contributed by atoms with van der Waals surface area (Å²) in [7, 11) is 3.70. The van der Waals surface area contributed by atoms with Crippen LogP contribution in [0, 0.1) is 5.82 Å². The second-order valence-corrected chi connectivity index (χ2v) is 10.3. The molecule has 0 aliphatic carbocycles. The molecule has 4 aliphatic heterocycles. The van der Waals surface area contributed by atoms with E-state index in [0.29, 0.717) is 65.3 Å². The first-order valence-corrected chi connectivity index (χ1v) is 12.9. The number of halogens is 1. The number of anilines is 1. The molecule has 0 bridgehead atoms. The average Bonchev–Trinajstić information content (AvgIpc) is 3.29. The topological polar surface area (TPSA) is 128 Å². The maximum absolute atomic E-state index is 15.2. The van der Waals surface area contributed by atoms with Crippen LogP contribution in [0.5, 0.6) is 5.75 Å². The molecule has 2 aromatic rings. The minimum Gasteiger partial charge on any atom is -0.459 e. The van der Waals surface area contributed by atoms with Crippen molar-refractivity contribution < 1.29 is 33.7 Å². The molecule has 11 nitrogen and oxygen atoms in total. The van der Waals surface area contributed by atoms with E-state index in [1.165, 1.54) is 12.1 Å². The van der Waals surface area contributed by atoms with Gasteiger partial charge in [0.1, 0.15) is 6.61 Å². The molecule has 0 saturated carbocycles. The van der Waals surface area contributed by atoms with Gasteiger partial charge in [-0.3, -0.25) is 0 Å². The molecule has 39 heavy (non-hydrogen) atoms. The fourth-order valence-corrected chi connectivity index (χ4v) is 5.74. The third-order valence-electron chi connectivity index (χ3n) is 8.12. The minimum absolute atomic E-state index is 0.0712. The summed E-state index contributed by atoms with van der Waals surface area (Å²) in [5, 5.41) is 26.1. The van der Waals surface area contributed by atoms with Crippen LogP contribution < -0.4 is 10.1 Å². The molecule has 1 aromatic heterocycles. The standard InChI is InChI=1S/C27H30FN5O6/c1-4-27(37)17-10-20-23-15(12-33(20)24(34)16(17)13-38-25(27)35)22(29-2)14-9-21(18(28)11-19(14)30-23)39-26(36)32-7-5-31(3)6-8-32/h9-11,24,34,37H,4-8,12-13H2,1-3H3,(H,29,30)/t24?,27-/m0/s1. The maximum Gasteiger partial charge on any atom is 0.415 e. The van der Waals surface area contributed by atoms with Crippen LogP contribution in [0.2, 0.25) is 0 Å². The first kappa shape index (κ1) is 25.5. The van der Waals surface area contributed by atoms with Crippen LogP contribution in [0.1, 0.15) is 24.6 Å². The first-order chi connectivity index (χ1) is 18.7. The number of rotatable bonds is 3. The van der Waals surface area contributed by atoms with Crippen molar-refractivity contribution in [2.75, 3.05) is 52.2 Å². The van der Waals surface area contributed by atoms with E-state index in [9.17, 15) is 19.8 Å². The Labute approximate surface area is 224 Å². The van der Waals surface area contributed by atoms with Gasteiger partial charge in [0.05, 0.1) is 29.1 Å². The number of cyclic esters (lactones) is 1. The number of esters is 1. The third kappa shape index (κ3) is 3.85. The smallest absolute Gasteiger partial charge is 0.415 e. The highest BCUT2D eigenvalue weighted by atomic mass is 19.1. The Morgan fingerprint density at radius 1 is 1.31 bits per heavy atom. The Hall–Kier alpha value is -3.74. The molecule has 1 amide bonds. The normalized spacial score (nSPS) is 24.7. The molecule has 0 spiro atoms. The lowest BCUT2D eigenvalue weighted by Crippen LogP contribution is -2.50. The predicted octanol–water partition coefficient (Wildman–Crippen LogP) is 1.64. The van der Waals surface area contributed by atoms with Gasteiger partial charge in [0.15, 0.2) is 23.4 Å². The molecule has 1 fully saturated rings. The molecule has 2 atom stereocenters. The Morgan fingerprint density at radius 2 is 2.05 bits per heavy atom. The average molecular weight is 540 g/mol. The summed E-state index contributed by atoms with van der Waals surface area (Å²) in [6.45, 7) is 4.22. The summed E-state index contributed by atoms with van der Waals surface area (Å²) in [5.74, 6) is -1.68. The summed E-state index contributed by atoms with van der Waals surface area (Å²) in [6, 6.07) is 2.68. The number of fused-ring (bicyclic) bond motifs is 4. The van der Waals surface area contributed by atoms with Gasteiger partial charge < -0.3 is 39.7 Å². The number of aliphatic hydroxyl groups excluding tert-OH is 1. The first-order valence-electron chi connectivity index (χ1n) is 12.9. The lowest BCUT2D eigenvalue weighted by atomic mass is 9.82. The Morgan fingerprint density at radius 3 is 2.74 bits per heavy atom. The zero-order valence-electron chi connectivity index (χ0n) is 22.0. The van der Waals surface area contributed by atoms with E-state index in [-0.39, 0.29) is 25.3 Å². The number of carbonyl (C=O) groups is 2. The van der Waals surface area contributed by atoms with Gasteiger partial charge in [0.2, 0.25) is 0 Å². The maximum atomic E-state index is 15.2. The lowest BCUT2D eigenvalue weighted by Gasteiger charge is -2.40. The van der Waals surface area contributed by atoms with Crippen LogP contribution in [0.25, 0.3) is 16.6 Å². The number of benzene rings is 1. The highest BCUT2D eigenvalue weighted by Crippen LogP contribution is 2.47. The van der Waals surface area contributed by atoms with Crippen LogP contribution in [0.15, 0.2) is 29.4 Å². The fraction of sp³-hybridized carbons (Fsp3) is 0.444. The van der Waals surface area contributed by atoms with Gasteiger partial charge in [-0.15, -0.1) is 0 Å². The van der Waals surface area contributed by atoms with Gasteiger partial charge >= 0.3 is 12.1 Å². The van der Waals surface area contributed by atoms with Gasteiger partial charge in [-0.2, -0.15) is 0 Å². The van der Waals surface area contributed by atoms with Crippen molar-refractivity contribution in [1.29, 1.82) is 0 Å². The van der Waals surface area contributed by atoms with Crippen molar-refractivity contribution in [2.24, 2.45) is 0 Å². The summed E-state index contributed by atoms with van der Waals surface area (Å²) < 4.78 is 25.8. The highest BCUT2D eigenvalue weighted by Gasteiger charge is 2.49. The zero-order valence-corrected chi connectivity index (χ0v) is 22.0. The van der Waals surface area contributed by atoms with Crippen molar-refractivity contribution >= 4 is 34.3 Å². The van der Waals surface area contributed by atoms with Crippen LogP contribution in [-0.2, 0) is 16.1 Å². The van der Waals surface area contributed by atoms with Crippen LogP contribution in [0.4, 0.5) is 14.9 Å².